The second-order valence-electron chi connectivity index (χ2n) is 5.49. The highest BCUT2D eigenvalue weighted by molar-refractivity contribution is 14.1. The summed E-state index contributed by atoms with van der Waals surface area (Å²) in [4.78, 5) is 0. The van der Waals surface area contributed by atoms with E-state index in [2.05, 4.69) is 51.9 Å². The quantitative estimate of drug-likeness (QED) is 0.400. The van der Waals surface area contributed by atoms with Crippen LogP contribution in [0.1, 0.15) is 5.56 Å². The molecule has 0 amide bonds. The number of pyridine rings is 1. The summed E-state index contributed by atoms with van der Waals surface area (Å²) in [6, 6.07) is 10.1. The van der Waals surface area contributed by atoms with Crippen molar-refractivity contribution < 1.29 is 14.0 Å². The molecule has 1 aromatic heterocycles. The van der Waals surface area contributed by atoms with Gasteiger partial charge in [-0.25, -0.2) is 0 Å². The van der Waals surface area contributed by atoms with Gasteiger partial charge in [-0.1, -0.05) is 36.9 Å². The molecule has 3 rings (SSSR count). The molecule has 0 aliphatic carbocycles. The van der Waals surface area contributed by atoms with Gasteiger partial charge in [0.2, 0.25) is 9.45 Å². The van der Waals surface area contributed by atoms with Crippen LogP contribution in [0.4, 0.5) is 0 Å². The maximum Gasteiger partial charge on any atom is 0.260 e. The van der Waals surface area contributed by atoms with Gasteiger partial charge in [0.05, 0.1) is 12.7 Å². The summed E-state index contributed by atoms with van der Waals surface area (Å²) in [7, 11) is 3.72. The first-order valence-electron chi connectivity index (χ1n) is 7.66. The van der Waals surface area contributed by atoms with Crippen molar-refractivity contribution in [1.82, 2.24) is 0 Å². The molecule has 0 atom stereocenters. The Kier molecular flexibility index (Phi) is 5.04. The highest BCUT2D eigenvalue weighted by Crippen LogP contribution is 2.38. The summed E-state index contributed by atoms with van der Waals surface area (Å²) in [5.41, 5.74) is 3.11. The van der Waals surface area contributed by atoms with Crippen LogP contribution in [0, 0.1) is 3.70 Å². The minimum Gasteiger partial charge on any atom is -0.496 e. The van der Waals surface area contributed by atoms with Crippen LogP contribution in [0.15, 0.2) is 67.0 Å². The molecule has 3 nitrogen and oxygen atoms in total. The molecule has 1 aromatic carbocycles. The summed E-state index contributed by atoms with van der Waals surface area (Å²) in [6.45, 7) is 4.00. The molecule has 0 bridgehead atoms. The SMILES string of the molecule is C=C1/C=C\C=C/Cc2cc(I)[n+](C)c(-c3ccccc3OC)c2O1. The normalized spacial score (nSPS) is 16.2. The average molecular weight is 432 g/mol. The Balaban J connectivity index is 2.31. The molecule has 1 aliphatic rings. The number of rotatable bonds is 2. The molecule has 0 radical (unpaired) electrons. The van der Waals surface area contributed by atoms with Crippen molar-refractivity contribution in [3.05, 3.63) is 76.2 Å². The van der Waals surface area contributed by atoms with Gasteiger partial charge in [0.25, 0.3) is 5.69 Å². The van der Waals surface area contributed by atoms with E-state index in [1.54, 1.807) is 7.11 Å². The van der Waals surface area contributed by atoms with Gasteiger partial charge in [-0.15, -0.1) is 0 Å². The van der Waals surface area contributed by atoms with Crippen LogP contribution in [0.3, 0.4) is 0 Å². The predicted octanol–water partition coefficient (Wildman–Crippen LogP) is 4.35. The van der Waals surface area contributed by atoms with Crippen molar-refractivity contribution >= 4 is 22.6 Å². The molecule has 0 unspecified atom stereocenters. The fraction of sp³-hybridized carbons (Fsp3) is 0.150. The van der Waals surface area contributed by atoms with Gasteiger partial charge in [0, 0.05) is 34.2 Å². The van der Waals surface area contributed by atoms with Gasteiger partial charge in [-0.3, -0.25) is 0 Å². The first-order chi connectivity index (χ1) is 11.6. The summed E-state index contributed by atoms with van der Waals surface area (Å²) in [5.74, 6) is 2.25. The van der Waals surface area contributed by atoms with Crippen molar-refractivity contribution in [3.8, 4) is 22.8 Å². The molecule has 0 saturated heterocycles. The molecule has 0 saturated carbocycles. The van der Waals surface area contributed by atoms with Crippen LogP contribution in [-0.2, 0) is 13.5 Å². The lowest BCUT2D eigenvalue weighted by molar-refractivity contribution is -0.673. The van der Waals surface area contributed by atoms with Gasteiger partial charge in [-0.05, 0) is 24.6 Å². The molecule has 1 aliphatic heterocycles. The molecule has 4 heteroatoms. The lowest BCUT2D eigenvalue weighted by Crippen LogP contribution is -2.36. The van der Waals surface area contributed by atoms with E-state index in [-0.39, 0.29) is 0 Å². The molecule has 0 fully saturated rings. The lowest BCUT2D eigenvalue weighted by Gasteiger charge is -2.15. The van der Waals surface area contributed by atoms with Crippen molar-refractivity contribution in [2.75, 3.05) is 7.11 Å². The van der Waals surface area contributed by atoms with E-state index in [1.807, 2.05) is 43.5 Å². The Morgan fingerprint density at radius 3 is 2.83 bits per heavy atom. The van der Waals surface area contributed by atoms with Crippen LogP contribution in [-0.4, -0.2) is 7.11 Å². The Labute approximate surface area is 156 Å². The molecule has 2 heterocycles. The Hall–Kier alpha value is -2.08. The molecular weight excluding hydrogens is 413 g/mol. The highest BCUT2D eigenvalue weighted by Gasteiger charge is 2.27. The number of nitrogens with zero attached hydrogens (tertiary/aromatic N) is 1. The number of ether oxygens (including phenoxy) is 2. The minimum atomic E-state index is 0.611. The summed E-state index contributed by atoms with van der Waals surface area (Å²) >= 11 is 2.35. The predicted molar refractivity (Wildman–Crippen MR) is 104 cm³/mol. The second kappa shape index (κ2) is 7.21. The maximum atomic E-state index is 6.14. The first-order valence-corrected chi connectivity index (χ1v) is 8.74. The van der Waals surface area contributed by atoms with Gasteiger partial charge in [-0.2, -0.15) is 4.57 Å². The number of benzene rings is 1. The van der Waals surface area contributed by atoms with E-state index in [4.69, 9.17) is 9.47 Å². The van der Waals surface area contributed by atoms with E-state index in [0.717, 1.165) is 38.4 Å². The van der Waals surface area contributed by atoms with E-state index < -0.39 is 0 Å². The number of methoxy groups -OCH3 is 1. The van der Waals surface area contributed by atoms with Crippen molar-refractivity contribution in [1.29, 1.82) is 0 Å². The van der Waals surface area contributed by atoms with E-state index in [0.29, 0.717) is 5.76 Å². The summed E-state index contributed by atoms with van der Waals surface area (Å²) in [6.07, 6.45) is 8.76. The number of allylic oxidation sites excluding steroid dienone is 4. The van der Waals surface area contributed by atoms with Crippen molar-refractivity contribution in [3.63, 3.8) is 0 Å². The average Bonchev–Trinajstić information content (AvgIpc) is 2.66. The topological polar surface area (TPSA) is 22.3 Å². The van der Waals surface area contributed by atoms with Gasteiger partial charge < -0.3 is 9.47 Å². The van der Waals surface area contributed by atoms with Crippen LogP contribution in [0.25, 0.3) is 11.3 Å². The first kappa shape index (κ1) is 16.8. The molecule has 24 heavy (non-hydrogen) atoms. The Bertz CT molecular complexity index is 853. The third-order valence-electron chi connectivity index (χ3n) is 3.92. The molecule has 0 spiro atoms. The number of hydrogen-bond acceptors (Lipinski definition) is 2. The number of fused-ring (bicyclic) bond motifs is 1. The van der Waals surface area contributed by atoms with Gasteiger partial charge in [0.1, 0.15) is 18.6 Å². The molecule has 122 valence electrons. The minimum absolute atomic E-state index is 0.611. The zero-order valence-corrected chi connectivity index (χ0v) is 15.9. The third-order valence-corrected chi connectivity index (χ3v) is 4.95. The zero-order valence-electron chi connectivity index (χ0n) is 13.8. The Morgan fingerprint density at radius 1 is 1.25 bits per heavy atom. The van der Waals surface area contributed by atoms with Crippen molar-refractivity contribution in [2.24, 2.45) is 7.05 Å². The fourth-order valence-electron chi connectivity index (χ4n) is 2.73. The van der Waals surface area contributed by atoms with Crippen LogP contribution < -0.4 is 14.0 Å². The lowest BCUT2D eigenvalue weighted by atomic mass is 10.0. The highest BCUT2D eigenvalue weighted by atomic mass is 127. The van der Waals surface area contributed by atoms with E-state index >= 15 is 0 Å². The zero-order chi connectivity index (χ0) is 17.1. The van der Waals surface area contributed by atoms with Gasteiger partial charge in [0.15, 0.2) is 0 Å². The summed E-state index contributed by atoms with van der Waals surface area (Å²) < 4.78 is 15.0. The monoisotopic (exact) mass is 432 g/mol. The van der Waals surface area contributed by atoms with Gasteiger partial charge >= 0.3 is 0 Å². The standard InChI is InChI=1S/C20H19INO2/c1-14-9-5-4-6-10-15-13-18(21)22(2)19(20(15)24-14)16-11-7-8-12-17(16)23-3/h4-9,11-13H,1,10H2,2-3H3/q+1/b6-4-,9-5-. The largest absolute Gasteiger partial charge is 0.496 e. The number of halogens is 1. The number of para-hydroxylation sites is 1. The fourth-order valence-corrected chi connectivity index (χ4v) is 3.34. The third kappa shape index (κ3) is 3.24. The molecule has 0 N–H and O–H groups in total. The van der Waals surface area contributed by atoms with Crippen LogP contribution >= 0.6 is 22.6 Å². The second-order valence-corrected chi connectivity index (χ2v) is 6.59. The Morgan fingerprint density at radius 2 is 2.04 bits per heavy atom. The number of aromatic nitrogens is 1. The maximum absolute atomic E-state index is 6.14. The molecular formula is C20H19INO2+. The molecule has 2 aromatic rings. The van der Waals surface area contributed by atoms with Crippen LogP contribution in [0.2, 0.25) is 0 Å². The summed E-state index contributed by atoms with van der Waals surface area (Å²) in [5, 5.41) is 0. The van der Waals surface area contributed by atoms with E-state index in [9.17, 15) is 0 Å². The van der Waals surface area contributed by atoms with E-state index in [1.165, 1.54) is 0 Å². The van der Waals surface area contributed by atoms with Crippen molar-refractivity contribution in [2.45, 2.75) is 6.42 Å². The number of hydrogen-bond donors (Lipinski definition) is 0. The smallest absolute Gasteiger partial charge is 0.260 e. The van der Waals surface area contributed by atoms with Crippen LogP contribution in [0.5, 0.6) is 11.5 Å².